The number of nitrogens with two attached hydrogens (primary N) is 1. The highest BCUT2D eigenvalue weighted by Crippen LogP contribution is 1.86. The van der Waals surface area contributed by atoms with Crippen molar-refractivity contribution in [1.29, 1.82) is 0 Å². The molecule has 0 aliphatic heterocycles. The standard InChI is InChI=1S/C20H37NO9/c1-2-4-23-6-8-25-10-12-27-14-16-29-18-19-30-17-15-28-13-11-26-9-7-24-5-3-20(21)22/h1H,3-19H2,(H2,21,22). The van der Waals surface area contributed by atoms with Crippen molar-refractivity contribution in [2.45, 2.75) is 6.42 Å². The maximum absolute atomic E-state index is 10.5. The predicted octanol–water partition coefficient (Wildman–Crippen LogP) is -0.372. The van der Waals surface area contributed by atoms with Crippen LogP contribution in [0.15, 0.2) is 0 Å². The SMILES string of the molecule is C#CCOCCOCCOCCOCCOCCOCCOCCOCCC(N)=O. The second kappa shape index (κ2) is 25.7. The largest absolute Gasteiger partial charge is 0.379 e. The fraction of sp³-hybridized carbons (Fsp3) is 0.850. The fourth-order valence-corrected chi connectivity index (χ4v) is 1.84. The molecule has 0 aromatic heterocycles. The summed E-state index contributed by atoms with van der Waals surface area (Å²) in [5.74, 6) is 2.02. The van der Waals surface area contributed by atoms with Gasteiger partial charge in [0.1, 0.15) is 6.61 Å². The molecule has 0 aliphatic carbocycles. The Morgan fingerprint density at radius 1 is 0.533 bits per heavy atom. The van der Waals surface area contributed by atoms with Crippen molar-refractivity contribution in [2.75, 3.05) is 106 Å². The van der Waals surface area contributed by atoms with Gasteiger partial charge in [-0.2, -0.15) is 0 Å². The van der Waals surface area contributed by atoms with Gasteiger partial charge in [-0.3, -0.25) is 4.79 Å². The molecule has 0 aliphatic rings. The van der Waals surface area contributed by atoms with E-state index in [9.17, 15) is 4.79 Å². The normalized spacial score (nSPS) is 10.9. The van der Waals surface area contributed by atoms with Crippen LogP contribution in [0.5, 0.6) is 0 Å². The lowest BCUT2D eigenvalue weighted by atomic mass is 10.4. The van der Waals surface area contributed by atoms with Crippen LogP contribution in [0.1, 0.15) is 6.42 Å². The number of amides is 1. The monoisotopic (exact) mass is 435 g/mol. The molecule has 0 heterocycles. The topological polar surface area (TPSA) is 117 Å². The minimum absolute atomic E-state index is 0.225. The van der Waals surface area contributed by atoms with Crippen molar-refractivity contribution >= 4 is 5.91 Å². The highest BCUT2D eigenvalue weighted by atomic mass is 16.6. The molecule has 1 amide bonds. The number of rotatable bonds is 25. The first-order valence-electron chi connectivity index (χ1n) is 10.1. The Morgan fingerprint density at radius 2 is 0.800 bits per heavy atom. The van der Waals surface area contributed by atoms with Crippen molar-refractivity contribution in [3.63, 3.8) is 0 Å². The van der Waals surface area contributed by atoms with Gasteiger partial charge in [-0.1, -0.05) is 5.92 Å². The zero-order valence-electron chi connectivity index (χ0n) is 17.8. The molecule has 0 aromatic rings. The summed E-state index contributed by atoms with van der Waals surface area (Å²) in [6.07, 6.45) is 5.28. The summed E-state index contributed by atoms with van der Waals surface area (Å²) >= 11 is 0. The van der Waals surface area contributed by atoms with Gasteiger partial charge in [-0.25, -0.2) is 0 Å². The number of terminal acetylenes is 1. The van der Waals surface area contributed by atoms with Crippen LogP contribution in [0.4, 0.5) is 0 Å². The molecule has 0 spiro atoms. The van der Waals surface area contributed by atoms with Crippen molar-refractivity contribution in [1.82, 2.24) is 0 Å². The Morgan fingerprint density at radius 3 is 1.07 bits per heavy atom. The fourth-order valence-electron chi connectivity index (χ4n) is 1.84. The molecule has 0 bridgehead atoms. The van der Waals surface area contributed by atoms with Gasteiger partial charge in [-0.15, -0.1) is 6.42 Å². The third kappa shape index (κ3) is 26.7. The van der Waals surface area contributed by atoms with Gasteiger partial charge in [-0.05, 0) is 0 Å². The first-order chi connectivity index (χ1) is 14.8. The molecule has 10 heteroatoms. The van der Waals surface area contributed by atoms with Gasteiger partial charge >= 0.3 is 0 Å². The Labute approximate surface area is 179 Å². The van der Waals surface area contributed by atoms with Gasteiger partial charge in [0, 0.05) is 6.42 Å². The smallest absolute Gasteiger partial charge is 0.219 e. The average molecular weight is 436 g/mol. The van der Waals surface area contributed by atoms with E-state index >= 15 is 0 Å². The summed E-state index contributed by atoms with van der Waals surface area (Å²) < 4.78 is 42.4. The zero-order valence-corrected chi connectivity index (χ0v) is 17.8. The lowest BCUT2D eigenvalue weighted by molar-refractivity contribution is -0.119. The van der Waals surface area contributed by atoms with Crippen LogP contribution in [-0.2, 0) is 42.7 Å². The molecule has 0 atom stereocenters. The second-order valence-corrected chi connectivity index (χ2v) is 5.76. The zero-order chi connectivity index (χ0) is 22.0. The highest BCUT2D eigenvalue weighted by molar-refractivity contribution is 5.73. The Balaban J connectivity index is 3.00. The molecular formula is C20H37NO9. The number of carbonyl (C=O) groups excluding carboxylic acids is 1. The number of carbonyl (C=O) groups is 1. The van der Waals surface area contributed by atoms with E-state index in [2.05, 4.69) is 5.92 Å². The third-order valence-electron chi connectivity index (χ3n) is 3.28. The van der Waals surface area contributed by atoms with Crippen LogP contribution in [-0.4, -0.2) is 112 Å². The molecule has 0 saturated heterocycles. The maximum Gasteiger partial charge on any atom is 0.219 e. The lowest BCUT2D eigenvalue weighted by Crippen LogP contribution is -2.16. The molecule has 0 fully saturated rings. The van der Waals surface area contributed by atoms with Crippen molar-refractivity contribution < 1.29 is 42.7 Å². The van der Waals surface area contributed by atoms with Gasteiger partial charge < -0.3 is 43.6 Å². The molecule has 0 rings (SSSR count). The van der Waals surface area contributed by atoms with E-state index in [1.54, 1.807) is 0 Å². The molecule has 0 saturated carbocycles. The minimum Gasteiger partial charge on any atom is -0.379 e. The minimum atomic E-state index is -0.371. The summed E-state index contributed by atoms with van der Waals surface area (Å²) in [7, 11) is 0. The van der Waals surface area contributed by atoms with Crippen LogP contribution in [0.3, 0.4) is 0 Å². The molecule has 0 radical (unpaired) electrons. The van der Waals surface area contributed by atoms with E-state index in [1.807, 2.05) is 0 Å². The summed E-state index contributed by atoms with van der Waals surface area (Å²) in [4.78, 5) is 10.5. The first kappa shape index (κ1) is 28.7. The van der Waals surface area contributed by atoms with Crippen molar-refractivity contribution in [2.24, 2.45) is 5.73 Å². The van der Waals surface area contributed by atoms with Crippen LogP contribution in [0.25, 0.3) is 0 Å². The van der Waals surface area contributed by atoms with Gasteiger partial charge in [0.05, 0.1) is 99.1 Å². The molecule has 2 N–H and O–H groups in total. The quantitative estimate of drug-likeness (QED) is 0.151. The number of hydrogen-bond acceptors (Lipinski definition) is 9. The van der Waals surface area contributed by atoms with Crippen molar-refractivity contribution in [3.8, 4) is 12.3 Å². The molecule has 0 unspecified atom stereocenters. The van der Waals surface area contributed by atoms with Crippen molar-refractivity contribution in [3.05, 3.63) is 0 Å². The summed E-state index contributed by atoms with van der Waals surface area (Å²) in [6.45, 7) is 7.52. The summed E-state index contributed by atoms with van der Waals surface area (Å²) in [6, 6.07) is 0. The van der Waals surface area contributed by atoms with Gasteiger partial charge in [0.2, 0.25) is 5.91 Å². The Bertz CT molecular complexity index is 404. The van der Waals surface area contributed by atoms with E-state index in [4.69, 9.17) is 50.1 Å². The number of hydrogen-bond donors (Lipinski definition) is 1. The summed E-state index contributed by atoms with van der Waals surface area (Å²) in [5, 5.41) is 0. The molecular weight excluding hydrogens is 398 g/mol. The van der Waals surface area contributed by atoms with E-state index in [0.29, 0.717) is 106 Å². The van der Waals surface area contributed by atoms with Crippen LogP contribution < -0.4 is 5.73 Å². The van der Waals surface area contributed by atoms with E-state index in [0.717, 1.165) is 0 Å². The van der Waals surface area contributed by atoms with Gasteiger partial charge in [0.15, 0.2) is 0 Å². The van der Waals surface area contributed by atoms with E-state index in [1.165, 1.54) is 0 Å². The molecule has 10 nitrogen and oxygen atoms in total. The van der Waals surface area contributed by atoms with E-state index < -0.39 is 0 Å². The Kier molecular flexibility index (Phi) is 24.6. The second-order valence-electron chi connectivity index (χ2n) is 5.76. The lowest BCUT2D eigenvalue weighted by Gasteiger charge is -2.08. The molecule has 0 aromatic carbocycles. The van der Waals surface area contributed by atoms with Crippen LogP contribution >= 0.6 is 0 Å². The third-order valence-corrected chi connectivity index (χ3v) is 3.28. The number of ether oxygens (including phenoxy) is 8. The summed E-state index contributed by atoms with van der Waals surface area (Å²) in [5.41, 5.74) is 4.99. The molecule has 30 heavy (non-hydrogen) atoms. The molecule has 176 valence electrons. The average Bonchev–Trinajstić information content (AvgIpc) is 2.73. The Hall–Kier alpha value is -1.29. The first-order valence-corrected chi connectivity index (χ1v) is 10.1. The van der Waals surface area contributed by atoms with Crippen LogP contribution in [0.2, 0.25) is 0 Å². The highest BCUT2D eigenvalue weighted by Gasteiger charge is 1.96. The predicted molar refractivity (Wildman–Crippen MR) is 109 cm³/mol. The van der Waals surface area contributed by atoms with Gasteiger partial charge in [0.25, 0.3) is 0 Å². The van der Waals surface area contributed by atoms with Crippen LogP contribution in [0, 0.1) is 12.3 Å². The number of primary amides is 1. The van der Waals surface area contributed by atoms with E-state index in [-0.39, 0.29) is 12.3 Å². The maximum atomic E-state index is 10.5.